The average molecular weight is 355 g/mol. The van der Waals surface area contributed by atoms with Crippen LogP contribution in [0.2, 0.25) is 0 Å². The molecule has 0 saturated carbocycles. The normalized spacial score (nSPS) is 12.5. The molecular formula is C18H31BrN2. The SMILES string of the molecule is CCCCCCCCCCCC(N)Cc1cncc(Br)c1. The van der Waals surface area contributed by atoms with Gasteiger partial charge in [-0.05, 0) is 40.4 Å². The fraction of sp³-hybridized carbons (Fsp3) is 0.722. The number of nitrogens with two attached hydrogens (primary N) is 1. The van der Waals surface area contributed by atoms with Crippen LogP contribution in [-0.2, 0) is 6.42 Å². The smallest absolute Gasteiger partial charge is 0.0410 e. The number of halogens is 1. The van der Waals surface area contributed by atoms with Crippen LogP contribution in [0, 0.1) is 0 Å². The third-order valence-corrected chi connectivity index (χ3v) is 4.37. The highest BCUT2D eigenvalue weighted by molar-refractivity contribution is 9.10. The van der Waals surface area contributed by atoms with Gasteiger partial charge < -0.3 is 5.73 Å². The molecule has 1 heterocycles. The fourth-order valence-electron chi connectivity index (χ4n) is 2.69. The minimum atomic E-state index is 0.269. The second-order valence-electron chi connectivity index (χ2n) is 6.09. The molecule has 1 aromatic heterocycles. The Hall–Kier alpha value is -0.410. The van der Waals surface area contributed by atoms with Crippen LogP contribution < -0.4 is 5.73 Å². The quantitative estimate of drug-likeness (QED) is 0.493. The minimum absolute atomic E-state index is 0.269. The molecule has 21 heavy (non-hydrogen) atoms. The predicted octanol–water partition coefficient (Wildman–Crippen LogP) is 5.63. The van der Waals surface area contributed by atoms with Crippen molar-refractivity contribution in [1.29, 1.82) is 0 Å². The summed E-state index contributed by atoms with van der Waals surface area (Å²) in [6, 6.07) is 2.38. The third kappa shape index (κ3) is 10.0. The molecule has 0 bridgehead atoms. The van der Waals surface area contributed by atoms with Crippen LogP contribution in [-0.4, -0.2) is 11.0 Å². The van der Waals surface area contributed by atoms with Crippen LogP contribution in [0.4, 0.5) is 0 Å². The van der Waals surface area contributed by atoms with Gasteiger partial charge in [0.15, 0.2) is 0 Å². The molecule has 1 unspecified atom stereocenters. The summed E-state index contributed by atoms with van der Waals surface area (Å²) in [5.74, 6) is 0. The molecule has 1 aromatic rings. The highest BCUT2D eigenvalue weighted by atomic mass is 79.9. The Balaban J connectivity index is 1.97. The van der Waals surface area contributed by atoms with Crippen LogP contribution in [0.25, 0.3) is 0 Å². The van der Waals surface area contributed by atoms with Crippen LogP contribution in [0.5, 0.6) is 0 Å². The van der Waals surface area contributed by atoms with Gasteiger partial charge in [0, 0.05) is 22.9 Å². The van der Waals surface area contributed by atoms with E-state index in [1.807, 2.05) is 12.4 Å². The molecule has 0 spiro atoms. The van der Waals surface area contributed by atoms with E-state index in [-0.39, 0.29) is 6.04 Å². The van der Waals surface area contributed by atoms with E-state index in [1.54, 1.807) is 0 Å². The van der Waals surface area contributed by atoms with Crippen LogP contribution in [0.1, 0.15) is 76.7 Å². The van der Waals surface area contributed by atoms with Gasteiger partial charge in [0.25, 0.3) is 0 Å². The Morgan fingerprint density at radius 3 is 2.24 bits per heavy atom. The van der Waals surface area contributed by atoms with Crippen molar-refractivity contribution < 1.29 is 0 Å². The van der Waals surface area contributed by atoms with Gasteiger partial charge in [-0.2, -0.15) is 0 Å². The summed E-state index contributed by atoms with van der Waals surface area (Å²) in [5.41, 5.74) is 7.44. The lowest BCUT2D eigenvalue weighted by Gasteiger charge is -2.11. The number of rotatable bonds is 12. The van der Waals surface area contributed by atoms with Gasteiger partial charge in [-0.1, -0.05) is 64.7 Å². The molecule has 3 heteroatoms. The average Bonchev–Trinajstić information content (AvgIpc) is 2.45. The lowest BCUT2D eigenvalue weighted by atomic mass is 10.0. The van der Waals surface area contributed by atoms with Crippen molar-refractivity contribution in [2.45, 2.75) is 83.6 Å². The second-order valence-corrected chi connectivity index (χ2v) is 7.01. The monoisotopic (exact) mass is 354 g/mol. The van der Waals surface area contributed by atoms with E-state index in [0.29, 0.717) is 0 Å². The Bertz CT molecular complexity index is 368. The lowest BCUT2D eigenvalue weighted by molar-refractivity contribution is 0.522. The molecular weight excluding hydrogens is 324 g/mol. The summed E-state index contributed by atoms with van der Waals surface area (Å²) >= 11 is 3.45. The molecule has 0 amide bonds. The zero-order valence-corrected chi connectivity index (χ0v) is 15.1. The highest BCUT2D eigenvalue weighted by Crippen LogP contribution is 2.14. The van der Waals surface area contributed by atoms with Crippen LogP contribution in [0.15, 0.2) is 22.9 Å². The number of nitrogens with zero attached hydrogens (tertiary/aromatic N) is 1. The van der Waals surface area contributed by atoms with Gasteiger partial charge in [-0.3, -0.25) is 4.98 Å². The van der Waals surface area contributed by atoms with E-state index in [9.17, 15) is 0 Å². The first kappa shape index (κ1) is 18.6. The summed E-state index contributed by atoms with van der Waals surface area (Å²) in [6.45, 7) is 2.27. The maximum absolute atomic E-state index is 6.21. The molecule has 1 rings (SSSR count). The van der Waals surface area contributed by atoms with Gasteiger partial charge >= 0.3 is 0 Å². The van der Waals surface area contributed by atoms with E-state index >= 15 is 0 Å². The number of hydrogen-bond donors (Lipinski definition) is 1. The van der Waals surface area contributed by atoms with Crippen molar-refractivity contribution in [3.8, 4) is 0 Å². The highest BCUT2D eigenvalue weighted by Gasteiger charge is 2.05. The first-order valence-corrected chi connectivity index (χ1v) is 9.36. The first-order chi connectivity index (χ1) is 10.2. The van der Waals surface area contributed by atoms with E-state index in [1.165, 1.54) is 63.4 Å². The zero-order chi connectivity index (χ0) is 15.3. The Kier molecular flexibility index (Phi) is 10.8. The number of hydrogen-bond acceptors (Lipinski definition) is 2. The van der Waals surface area contributed by atoms with Crippen molar-refractivity contribution in [2.24, 2.45) is 5.73 Å². The third-order valence-electron chi connectivity index (χ3n) is 3.94. The molecule has 0 aliphatic rings. The molecule has 0 saturated heterocycles. The fourth-order valence-corrected chi connectivity index (χ4v) is 3.10. The maximum Gasteiger partial charge on any atom is 0.0410 e. The molecule has 0 aliphatic heterocycles. The summed E-state index contributed by atoms with van der Waals surface area (Å²) in [6.07, 6.45) is 18.1. The Morgan fingerprint density at radius 2 is 1.62 bits per heavy atom. The molecule has 0 fully saturated rings. The molecule has 1 atom stereocenters. The van der Waals surface area contributed by atoms with Crippen molar-refractivity contribution in [3.05, 3.63) is 28.5 Å². The maximum atomic E-state index is 6.21. The Labute approximate surface area is 139 Å². The van der Waals surface area contributed by atoms with E-state index in [2.05, 4.69) is 33.9 Å². The van der Waals surface area contributed by atoms with E-state index in [4.69, 9.17) is 5.73 Å². The predicted molar refractivity (Wildman–Crippen MR) is 95.5 cm³/mol. The molecule has 0 radical (unpaired) electrons. The Morgan fingerprint density at radius 1 is 1.00 bits per heavy atom. The van der Waals surface area contributed by atoms with Gasteiger partial charge in [0.2, 0.25) is 0 Å². The van der Waals surface area contributed by atoms with Crippen molar-refractivity contribution in [1.82, 2.24) is 4.98 Å². The number of pyridine rings is 1. The van der Waals surface area contributed by atoms with Gasteiger partial charge in [-0.25, -0.2) is 0 Å². The van der Waals surface area contributed by atoms with E-state index in [0.717, 1.165) is 17.3 Å². The van der Waals surface area contributed by atoms with Crippen molar-refractivity contribution >= 4 is 15.9 Å². The van der Waals surface area contributed by atoms with Crippen LogP contribution in [0.3, 0.4) is 0 Å². The second kappa shape index (κ2) is 12.2. The number of unbranched alkanes of at least 4 members (excludes halogenated alkanes) is 8. The van der Waals surface area contributed by atoms with E-state index < -0.39 is 0 Å². The molecule has 2 N–H and O–H groups in total. The summed E-state index contributed by atoms with van der Waals surface area (Å²) in [5, 5.41) is 0. The summed E-state index contributed by atoms with van der Waals surface area (Å²) in [7, 11) is 0. The summed E-state index contributed by atoms with van der Waals surface area (Å²) < 4.78 is 1.04. The first-order valence-electron chi connectivity index (χ1n) is 8.57. The van der Waals surface area contributed by atoms with Crippen molar-refractivity contribution in [2.75, 3.05) is 0 Å². The largest absolute Gasteiger partial charge is 0.327 e. The molecule has 0 aromatic carbocycles. The van der Waals surface area contributed by atoms with Crippen molar-refractivity contribution in [3.63, 3.8) is 0 Å². The van der Waals surface area contributed by atoms with Crippen LogP contribution >= 0.6 is 15.9 Å². The summed E-state index contributed by atoms with van der Waals surface area (Å²) in [4.78, 5) is 4.19. The van der Waals surface area contributed by atoms with Gasteiger partial charge in [-0.15, -0.1) is 0 Å². The van der Waals surface area contributed by atoms with Gasteiger partial charge in [0.05, 0.1) is 0 Å². The lowest BCUT2D eigenvalue weighted by Crippen LogP contribution is -2.22. The van der Waals surface area contributed by atoms with Gasteiger partial charge in [0.1, 0.15) is 0 Å². The molecule has 2 nitrogen and oxygen atoms in total. The standard InChI is InChI=1S/C18H31BrN2/c1-2-3-4-5-6-7-8-9-10-11-18(20)13-16-12-17(19)15-21-14-16/h12,14-15,18H,2-11,13,20H2,1H3. The topological polar surface area (TPSA) is 38.9 Å². The number of aromatic nitrogens is 1. The zero-order valence-electron chi connectivity index (χ0n) is 13.5. The molecule has 120 valence electrons. The molecule has 0 aliphatic carbocycles. The minimum Gasteiger partial charge on any atom is -0.327 e.